The van der Waals surface area contributed by atoms with Crippen molar-refractivity contribution in [3.63, 3.8) is 0 Å². The summed E-state index contributed by atoms with van der Waals surface area (Å²) in [4.78, 5) is 2.29. The SMILES string of the molecule is OC1CN(Cc2ccccc2)CC1Nc1ccccc1. The molecule has 3 nitrogen and oxygen atoms in total. The van der Waals surface area contributed by atoms with E-state index < -0.39 is 0 Å². The maximum absolute atomic E-state index is 10.2. The third kappa shape index (κ3) is 3.18. The van der Waals surface area contributed by atoms with Crippen LogP contribution < -0.4 is 5.32 Å². The molecule has 2 aromatic rings. The van der Waals surface area contributed by atoms with E-state index in [1.807, 2.05) is 36.4 Å². The third-order valence-corrected chi connectivity index (χ3v) is 3.74. The van der Waals surface area contributed by atoms with E-state index >= 15 is 0 Å². The van der Waals surface area contributed by atoms with Crippen molar-refractivity contribution >= 4 is 5.69 Å². The van der Waals surface area contributed by atoms with Gasteiger partial charge < -0.3 is 10.4 Å². The van der Waals surface area contributed by atoms with Crippen molar-refractivity contribution in [1.29, 1.82) is 0 Å². The molecule has 1 fully saturated rings. The topological polar surface area (TPSA) is 35.5 Å². The van der Waals surface area contributed by atoms with E-state index in [0.29, 0.717) is 0 Å². The quantitative estimate of drug-likeness (QED) is 0.893. The first-order valence-electron chi connectivity index (χ1n) is 7.07. The molecule has 0 saturated carbocycles. The van der Waals surface area contributed by atoms with Crippen LogP contribution in [0.15, 0.2) is 60.7 Å². The van der Waals surface area contributed by atoms with E-state index in [2.05, 4.69) is 34.5 Å². The van der Waals surface area contributed by atoms with Gasteiger partial charge in [-0.15, -0.1) is 0 Å². The van der Waals surface area contributed by atoms with Crippen LogP contribution in [0, 0.1) is 0 Å². The predicted octanol–water partition coefficient (Wildman–Crippen LogP) is 2.34. The lowest BCUT2D eigenvalue weighted by molar-refractivity contribution is 0.168. The third-order valence-electron chi connectivity index (χ3n) is 3.74. The average Bonchev–Trinajstić information content (AvgIpc) is 2.81. The number of benzene rings is 2. The van der Waals surface area contributed by atoms with Gasteiger partial charge in [-0.2, -0.15) is 0 Å². The van der Waals surface area contributed by atoms with Gasteiger partial charge in [-0.05, 0) is 17.7 Å². The molecule has 3 rings (SSSR count). The van der Waals surface area contributed by atoms with Crippen molar-refractivity contribution in [1.82, 2.24) is 4.90 Å². The number of para-hydroxylation sites is 1. The minimum absolute atomic E-state index is 0.0983. The number of nitrogens with one attached hydrogen (secondary N) is 1. The second-order valence-corrected chi connectivity index (χ2v) is 5.36. The van der Waals surface area contributed by atoms with Gasteiger partial charge in [0.1, 0.15) is 0 Å². The van der Waals surface area contributed by atoms with Crippen molar-refractivity contribution in [2.75, 3.05) is 18.4 Å². The number of anilines is 1. The molecule has 0 amide bonds. The molecule has 0 aliphatic carbocycles. The van der Waals surface area contributed by atoms with E-state index in [1.54, 1.807) is 0 Å². The number of aliphatic hydroxyl groups is 1. The minimum Gasteiger partial charge on any atom is -0.390 e. The van der Waals surface area contributed by atoms with Gasteiger partial charge in [-0.1, -0.05) is 48.5 Å². The zero-order chi connectivity index (χ0) is 13.8. The molecule has 1 aliphatic heterocycles. The number of rotatable bonds is 4. The fraction of sp³-hybridized carbons (Fsp3) is 0.294. The molecule has 0 spiro atoms. The summed E-state index contributed by atoms with van der Waals surface area (Å²) in [5, 5.41) is 13.6. The monoisotopic (exact) mass is 268 g/mol. The van der Waals surface area contributed by atoms with Gasteiger partial charge in [-0.25, -0.2) is 0 Å². The van der Waals surface area contributed by atoms with Crippen LogP contribution in [0.2, 0.25) is 0 Å². The Morgan fingerprint density at radius 3 is 2.30 bits per heavy atom. The molecule has 0 radical (unpaired) electrons. The lowest BCUT2D eigenvalue weighted by atomic mass is 10.2. The van der Waals surface area contributed by atoms with E-state index in [9.17, 15) is 5.11 Å². The predicted molar refractivity (Wildman–Crippen MR) is 81.6 cm³/mol. The molecule has 1 saturated heterocycles. The minimum atomic E-state index is -0.320. The van der Waals surface area contributed by atoms with Crippen LogP contribution in [0.25, 0.3) is 0 Å². The smallest absolute Gasteiger partial charge is 0.0880 e. The van der Waals surface area contributed by atoms with Crippen LogP contribution >= 0.6 is 0 Å². The Bertz CT molecular complexity index is 529. The Labute approximate surface area is 119 Å². The lowest BCUT2D eigenvalue weighted by Gasteiger charge is -2.17. The summed E-state index contributed by atoms with van der Waals surface area (Å²) in [5.74, 6) is 0. The van der Waals surface area contributed by atoms with Crippen LogP contribution in [0.3, 0.4) is 0 Å². The standard InChI is InChI=1S/C17H20N2O/c20-17-13-19(11-14-7-3-1-4-8-14)12-16(17)18-15-9-5-2-6-10-15/h1-10,16-18,20H,11-13H2. The number of nitrogens with zero attached hydrogens (tertiary/aromatic N) is 1. The molecular formula is C17H20N2O. The van der Waals surface area contributed by atoms with Gasteiger partial charge in [0.2, 0.25) is 0 Å². The maximum Gasteiger partial charge on any atom is 0.0880 e. The number of hydrogen-bond donors (Lipinski definition) is 2. The highest BCUT2D eigenvalue weighted by molar-refractivity contribution is 5.44. The summed E-state index contributed by atoms with van der Waals surface area (Å²) in [5.41, 5.74) is 2.36. The molecule has 0 bridgehead atoms. The highest BCUT2D eigenvalue weighted by atomic mass is 16.3. The summed E-state index contributed by atoms with van der Waals surface area (Å²) in [6, 6.07) is 20.6. The Hall–Kier alpha value is -1.84. The maximum atomic E-state index is 10.2. The zero-order valence-corrected chi connectivity index (χ0v) is 11.4. The van der Waals surface area contributed by atoms with Gasteiger partial charge in [0, 0.05) is 25.3 Å². The van der Waals surface area contributed by atoms with Crippen molar-refractivity contribution in [3.8, 4) is 0 Å². The molecule has 2 aromatic carbocycles. The Balaban J connectivity index is 1.59. The largest absolute Gasteiger partial charge is 0.390 e. The molecule has 3 heteroatoms. The first-order chi connectivity index (χ1) is 9.81. The van der Waals surface area contributed by atoms with Crippen molar-refractivity contribution in [3.05, 3.63) is 66.2 Å². The van der Waals surface area contributed by atoms with Crippen LogP contribution in [0.5, 0.6) is 0 Å². The number of hydrogen-bond acceptors (Lipinski definition) is 3. The fourth-order valence-corrected chi connectivity index (χ4v) is 2.73. The van der Waals surface area contributed by atoms with Gasteiger partial charge in [0.25, 0.3) is 0 Å². The van der Waals surface area contributed by atoms with E-state index in [-0.39, 0.29) is 12.1 Å². The first-order valence-corrected chi connectivity index (χ1v) is 7.07. The second kappa shape index (κ2) is 6.07. The summed E-state index contributed by atoms with van der Waals surface area (Å²) in [6.45, 7) is 2.48. The highest BCUT2D eigenvalue weighted by Gasteiger charge is 2.30. The van der Waals surface area contributed by atoms with E-state index in [1.165, 1.54) is 5.56 Å². The van der Waals surface area contributed by atoms with E-state index in [4.69, 9.17) is 0 Å². The molecule has 104 valence electrons. The van der Waals surface area contributed by atoms with Gasteiger partial charge in [0.15, 0.2) is 0 Å². The first kappa shape index (κ1) is 13.2. The molecule has 1 heterocycles. The summed E-state index contributed by atoms with van der Waals surface area (Å²) >= 11 is 0. The Morgan fingerprint density at radius 2 is 1.60 bits per heavy atom. The molecule has 2 atom stereocenters. The number of likely N-dealkylation sites (tertiary alicyclic amines) is 1. The summed E-state index contributed by atoms with van der Waals surface area (Å²) < 4.78 is 0. The Kier molecular flexibility index (Phi) is 4.00. The normalized spacial score (nSPS) is 22.9. The van der Waals surface area contributed by atoms with Gasteiger partial charge in [-0.3, -0.25) is 4.90 Å². The molecule has 2 unspecified atom stereocenters. The molecule has 1 aliphatic rings. The van der Waals surface area contributed by atoms with Crippen molar-refractivity contribution in [2.24, 2.45) is 0 Å². The summed E-state index contributed by atoms with van der Waals surface area (Å²) in [6.07, 6.45) is -0.320. The molecule has 0 aromatic heterocycles. The van der Waals surface area contributed by atoms with E-state index in [0.717, 1.165) is 25.3 Å². The second-order valence-electron chi connectivity index (χ2n) is 5.36. The average molecular weight is 268 g/mol. The van der Waals surface area contributed by atoms with Crippen LogP contribution in [0.1, 0.15) is 5.56 Å². The molecular weight excluding hydrogens is 248 g/mol. The Morgan fingerprint density at radius 1 is 0.950 bits per heavy atom. The number of β-amino-alcohol motifs (C(OH)–C–C–N with tert-alkyl or cyclic N) is 1. The molecule has 2 N–H and O–H groups in total. The highest BCUT2D eigenvalue weighted by Crippen LogP contribution is 2.18. The van der Waals surface area contributed by atoms with Crippen LogP contribution in [-0.4, -0.2) is 35.2 Å². The van der Waals surface area contributed by atoms with Gasteiger partial charge >= 0.3 is 0 Å². The van der Waals surface area contributed by atoms with Gasteiger partial charge in [0.05, 0.1) is 12.1 Å². The summed E-state index contributed by atoms with van der Waals surface area (Å²) in [7, 11) is 0. The zero-order valence-electron chi connectivity index (χ0n) is 11.4. The molecule has 20 heavy (non-hydrogen) atoms. The lowest BCUT2D eigenvalue weighted by Crippen LogP contribution is -2.31. The van der Waals surface area contributed by atoms with Crippen LogP contribution in [-0.2, 0) is 6.54 Å². The number of aliphatic hydroxyl groups excluding tert-OH is 1. The van der Waals surface area contributed by atoms with Crippen molar-refractivity contribution < 1.29 is 5.11 Å². The van der Waals surface area contributed by atoms with Crippen molar-refractivity contribution in [2.45, 2.75) is 18.7 Å². The van der Waals surface area contributed by atoms with Crippen LogP contribution in [0.4, 0.5) is 5.69 Å². The fourth-order valence-electron chi connectivity index (χ4n) is 2.73.